The third kappa shape index (κ3) is 3.62. The Morgan fingerprint density at radius 2 is 2.03 bits per heavy atom. The van der Waals surface area contributed by atoms with Crippen LogP contribution in [0.3, 0.4) is 0 Å². The van der Waals surface area contributed by atoms with Crippen LogP contribution in [0.4, 0.5) is 5.13 Å². The number of carbonyl (C=O) groups excluding carboxylic acids is 1. The van der Waals surface area contributed by atoms with Gasteiger partial charge in [-0.05, 0) is 43.3 Å². The predicted molar refractivity (Wildman–Crippen MR) is 119 cm³/mol. The Kier molecular flexibility index (Phi) is 4.83. The van der Waals surface area contributed by atoms with Gasteiger partial charge in [0.05, 0.1) is 13.7 Å². The van der Waals surface area contributed by atoms with Gasteiger partial charge in [0, 0.05) is 16.2 Å². The average molecular weight is 434 g/mol. The maximum absolute atomic E-state index is 12.7. The number of para-hydroxylation sites is 1. The second-order valence-electron chi connectivity index (χ2n) is 6.72. The molecule has 5 aromatic rings. The summed E-state index contributed by atoms with van der Waals surface area (Å²) in [7, 11) is 1.62. The first-order valence-corrected chi connectivity index (χ1v) is 10.5. The molecule has 0 aliphatic heterocycles. The van der Waals surface area contributed by atoms with Crippen LogP contribution in [0.1, 0.15) is 17.5 Å². The third-order valence-corrected chi connectivity index (χ3v) is 5.49. The summed E-state index contributed by atoms with van der Waals surface area (Å²) in [6.45, 7) is 2.41. The molecule has 0 radical (unpaired) electrons. The van der Waals surface area contributed by atoms with Gasteiger partial charge in [-0.25, -0.2) is 4.98 Å². The van der Waals surface area contributed by atoms with Gasteiger partial charge in [-0.1, -0.05) is 12.1 Å². The number of benzene rings is 2. The monoisotopic (exact) mass is 434 g/mol. The minimum atomic E-state index is -0.381. The second-order valence-corrected chi connectivity index (χ2v) is 7.58. The van der Waals surface area contributed by atoms with Crippen molar-refractivity contribution < 1.29 is 23.1 Å². The number of furan rings is 2. The Labute approximate surface area is 181 Å². The van der Waals surface area contributed by atoms with E-state index in [0.29, 0.717) is 34.5 Å². The fourth-order valence-corrected chi connectivity index (χ4v) is 3.99. The van der Waals surface area contributed by atoms with E-state index in [-0.39, 0.29) is 11.7 Å². The van der Waals surface area contributed by atoms with Crippen molar-refractivity contribution in [1.29, 1.82) is 0 Å². The highest BCUT2D eigenvalue weighted by molar-refractivity contribution is 7.14. The lowest BCUT2D eigenvalue weighted by Gasteiger charge is -2.02. The molecule has 0 fully saturated rings. The highest BCUT2D eigenvalue weighted by Crippen LogP contribution is 2.33. The molecule has 7 nitrogen and oxygen atoms in total. The molecule has 8 heteroatoms. The molecule has 3 aromatic heterocycles. The predicted octanol–water partition coefficient (Wildman–Crippen LogP) is 5.96. The van der Waals surface area contributed by atoms with Gasteiger partial charge < -0.3 is 18.3 Å². The van der Waals surface area contributed by atoms with E-state index in [4.69, 9.17) is 18.3 Å². The van der Waals surface area contributed by atoms with Crippen molar-refractivity contribution in [1.82, 2.24) is 4.98 Å². The Morgan fingerprint density at radius 3 is 2.87 bits per heavy atom. The molecule has 1 N–H and O–H groups in total. The number of hydrogen-bond donors (Lipinski definition) is 1. The van der Waals surface area contributed by atoms with Gasteiger partial charge in [0.15, 0.2) is 28.0 Å². The van der Waals surface area contributed by atoms with E-state index in [1.54, 1.807) is 13.2 Å². The minimum Gasteiger partial charge on any atom is -0.497 e. The van der Waals surface area contributed by atoms with Crippen molar-refractivity contribution in [2.75, 3.05) is 19.0 Å². The number of aromatic nitrogens is 1. The van der Waals surface area contributed by atoms with E-state index in [0.717, 1.165) is 22.1 Å². The molecular weight excluding hydrogens is 416 g/mol. The van der Waals surface area contributed by atoms with Gasteiger partial charge in [0.1, 0.15) is 17.0 Å². The first-order chi connectivity index (χ1) is 15.1. The SMILES string of the molecule is CCOc1cccc2cc(C(=O)Nc3nc(-c4cc5cc(OC)ccc5o4)cs3)oc12. The number of fused-ring (bicyclic) bond motifs is 2. The molecule has 2 aromatic carbocycles. The molecule has 5 rings (SSSR count). The Balaban J connectivity index is 1.37. The second kappa shape index (κ2) is 7.81. The zero-order valence-electron chi connectivity index (χ0n) is 16.8. The molecule has 0 aliphatic rings. The summed E-state index contributed by atoms with van der Waals surface area (Å²) in [5.41, 5.74) is 1.92. The van der Waals surface area contributed by atoms with Crippen LogP contribution >= 0.6 is 11.3 Å². The molecule has 0 bridgehead atoms. The summed E-state index contributed by atoms with van der Waals surface area (Å²) >= 11 is 1.31. The highest BCUT2D eigenvalue weighted by Gasteiger charge is 2.17. The summed E-state index contributed by atoms with van der Waals surface area (Å²) < 4.78 is 22.4. The fraction of sp³-hybridized carbons (Fsp3) is 0.130. The van der Waals surface area contributed by atoms with Crippen molar-refractivity contribution >= 4 is 44.3 Å². The minimum absolute atomic E-state index is 0.190. The summed E-state index contributed by atoms with van der Waals surface area (Å²) in [4.78, 5) is 17.2. The van der Waals surface area contributed by atoms with Crippen molar-refractivity contribution in [3.05, 3.63) is 59.7 Å². The smallest absolute Gasteiger partial charge is 0.293 e. The summed E-state index contributed by atoms with van der Waals surface area (Å²) in [5, 5.41) is 6.78. The first-order valence-electron chi connectivity index (χ1n) is 9.65. The summed E-state index contributed by atoms with van der Waals surface area (Å²) in [6, 6.07) is 14.7. The molecule has 156 valence electrons. The number of amides is 1. The first kappa shape index (κ1) is 19.2. The number of anilines is 1. The van der Waals surface area contributed by atoms with E-state index in [1.165, 1.54) is 11.3 Å². The third-order valence-electron chi connectivity index (χ3n) is 4.73. The maximum Gasteiger partial charge on any atom is 0.293 e. The molecule has 1 amide bonds. The number of hydrogen-bond acceptors (Lipinski definition) is 7. The zero-order valence-corrected chi connectivity index (χ0v) is 17.6. The standard InChI is InChI=1S/C23H18N2O5S/c1-3-28-18-6-4-5-13-10-20(30-21(13)18)22(26)25-23-24-16(12-31-23)19-11-14-9-15(27-2)7-8-17(14)29-19/h4-12H,3H2,1-2H3,(H,24,25,26). The van der Waals surface area contributed by atoms with Crippen molar-refractivity contribution in [2.45, 2.75) is 6.92 Å². The van der Waals surface area contributed by atoms with Crippen LogP contribution < -0.4 is 14.8 Å². The summed E-state index contributed by atoms with van der Waals surface area (Å²) in [6.07, 6.45) is 0. The highest BCUT2D eigenvalue weighted by atomic mass is 32.1. The largest absolute Gasteiger partial charge is 0.497 e. The molecule has 0 spiro atoms. The molecule has 0 saturated heterocycles. The Morgan fingerprint density at radius 1 is 1.13 bits per heavy atom. The van der Waals surface area contributed by atoms with Gasteiger partial charge in [0.25, 0.3) is 5.91 Å². The van der Waals surface area contributed by atoms with E-state index in [1.807, 2.05) is 54.8 Å². The lowest BCUT2D eigenvalue weighted by molar-refractivity contribution is 0.0998. The van der Waals surface area contributed by atoms with E-state index in [9.17, 15) is 4.79 Å². The molecule has 0 aliphatic carbocycles. The van der Waals surface area contributed by atoms with E-state index in [2.05, 4.69) is 10.3 Å². The van der Waals surface area contributed by atoms with Crippen LogP contribution in [0, 0.1) is 0 Å². The number of nitrogens with one attached hydrogen (secondary N) is 1. The van der Waals surface area contributed by atoms with Gasteiger partial charge in [-0.3, -0.25) is 10.1 Å². The Bertz CT molecular complexity index is 1400. The molecule has 0 atom stereocenters. The number of nitrogens with zero attached hydrogens (tertiary/aromatic N) is 1. The normalized spacial score (nSPS) is 11.2. The van der Waals surface area contributed by atoms with Gasteiger partial charge in [0.2, 0.25) is 0 Å². The lowest BCUT2D eigenvalue weighted by Crippen LogP contribution is -2.10. The molecule has 0 unspecified atom stereocenters. The van der Waals surface area contributed by atoms with Gasteiger partial charge in [-0.15, -0.1) is 11.3 Å². The Hall–Kier alpha value is -3.78. The van der Waals surface area contributed by atoms with Gasteiger partial charge >= 0.3 is 0 Å². The molecule has 3 heterocycles. The lowest BCUT2D eigenvalue weighted by atomic mass is 10.2. The number of thiazole rings is 1. The van der Waals surface area contributed by atoms with Crippen molar-refractivity contribution in [3.8, 4) is 23.0 Å². The number of methoxy groups -OCH3 is 1. The zero-order chi connectivity index (χ0) is 21.4. The van der Waals surface area contributed by atoms with Crippen LogP contribution in [-0.2, 0) is 0 Å². The average Bonchev–Trinajstić information content (AvgIpc) is 3.51. The van der Waals surface area contributed by atoms with Crippen molar-refractivity contribution in [3.63, 3.8) is 0 Å². The molecular formula is C23H18N2O5S. The number of rotatable bonds is 6. The topological polar surface area (TPSA) is 86.7 Å². The van der Waals surface area contributed by atoms with E-state index >= 15 is 0 Å². The molecule has 0 saturated carbocycles. The summed E-state index contributed by atoms with van der Waals surface area (Å²) in [5.74, 6) is 1.79. The van der Waals surface area contributed by atoms with Gasteiger partial charge in [-0.2, -0.15) is 0 Å². The number of ether oxygens (including phenoxy) is 2. The van der Waals surface area contributed by atoms with Crippen molar-refractivity contribution in [2.24, 2.45) is 0 Å². The fourth-order valence-electron chi connectivity index (χ4n) is 3.30. The van der Waals surface area contributed by atoms with Crippen LogP contribution in [0.15, 0.2) is 62.7 Å². The van der Waals surface area contributed by atoms with E-state index < -0.39 is 0 Å². The molecule has 31 heavy (non-hydrogen) atoms. The van der Waals surface area contributed by atoms with Crippen LogP contribution in [0.25, 0.3) is 33.4 Å². The van der Waals surface area contributed by atoms with Crippen LogP contribution in [0.5, 0.6) is 11.5 Å². The van der Waals surface area contributed by atoms with Crippen LogP contribution in [0.2, 0.25) is 0 Å². The number of carbonyl (C=O) groups is 1. The quantitative estimate of drug-likeness (QED) is 0.355. The van der Waals surface area contributed by atoms with Crippen LogP contribution in [-0.4, -0.2) is 24.6 Å². The maximum atomic E-state index is 12.7.